The number of ether oxygens (including phenoxy) is 1. The van der Waals surface area contributed by atoms with Crippen molar-refractivity contribution in [3.05, 3.63) is 29.8 Å². The third-order valence-corrected chi connectivity index (χ3v) is 1.70. The third kappa shape index (κ3) is 2.16. The van der Waals surface area contributed by atoms with Gasteiger partial charge in [0.25, 0.3) is 0 Å². The summed E-state index contributed by atoms with van der Waals surface area (Å²) in [4.78, 5) is 0. The second-order valence-corrected chi connectivity index (χ2v) is 2.65. The second kappa shape index (κ2) is 3.86. The van der Waals surface area contributed by atoms with Crippen LogP contribution in [0.4, 0.5) is 17.6 Å². The minimum absolute atomic E-state index is 0.0997. The molecule has 1 nitrogen and oxygen atoms in total. The number of benzene rings is 1. The van der Waals surface area contributed by atoms with Crippen LogP contribution in [-0.4, -0.2) is 13.3 Å². The van der Waals surface area contributed by atoms with Crippen LogP contribution in [0, 0.1) is 0 Å². The van der Waals surface area contributed by atoms with E-state index in [1.54, 1.807) is 0 Å². The lowest BCUT2D eigenvalue weighted by molar-refractivity contribution is -0.183. The maximum absolute atomic E-state index is 12.9. The van der Waals surface area contributed by atoms with Crippen molar-refractivity contribution in [3.8, 4) is 5.75 Å². The first-order chi connectivity index (χ1) is 6.46. The van der Waals surface area contributed by atoms with Gasteiger partial charge in [0.2, 0.25) is 6.17 Å². The summed E-state index contributed by atoms with van der Waals surface area (Å²) in [6.45, 7) is 0. The summed E-state index contributed by atoms with van der Waals surface area (Å²) in [6.07, 6.45) is -7.90. The highest BCUT2D eigenvalue weighted by molar-refractivity contribution is 5.35. The molecule has 0 saturated carbocycles. The van der Waals surface area contributed by atoms with Crippen molar-refractivity contribution < 1.29 is 22.3 Å². The smallest absolute Gasteiger partial charge is 0.424 e. The Morgan fingerprint density at radius 3 is 2.29 bits per heavy atom. The molecule has 0 spiro atoms. The van der Waals surface area contributed by atoms with E-state index in [-0.39, 0.29) is 5.75 Å². The molecule has 0 aliphatic rings. The van der Waals surface area contributed by atoms with Gasteiger partial charge in [-0.15, -0.1) is 0 Å². The summed E-state index contributed by atoms with van der Waals surface area (Å²) in [5, 5.41) is 0. The van der Waals surface area contributed by atoms with Crippen LogP contribution in [0.15, 0.2) is 24.3 Å². The fourth-order valence-corrected chi connectivity index (χ4v) is 1.05. The highest BCUT2D eigenvalue weighted by Crippen LogP contribution is 2.39. The van der Waals surface area contributed by atoms with Gasteiger partial charge < -0.3 is 4.74 Å². The van der Waals surface area contributed by atoms with Gasteiger partial charge in [0.1, 0.15) is 5.75 Å². The molecule has 0 aliphatic carbocycles. The molecule has 0 fully saturated rings. The molecule has 0 heterocycles. The molecule has 1 atom stereocenters. The zero-order chi connectivity index (χ0) is 10.8. The van der Waals surface area contributed by atoms with Crippen molar-refractivity contribution in [3.63, 3.8) is 0 Å². The van der Waals surface area contributed by atoms with Gasteiger partial charge in [0.05, 0.1) is 7.11 Å². The molecule has 0 amide bonds. The van der Waals surface area contributed by atoms with E-state index in [1.165, 1.54) is 25.3 Å². The minimum Gasteiger partial charge on any atom is -0.496 e. The van der Waals surface area contributed by atoms with Crippen LogP contribution >= 0.6 is 0 Å². The molecule has 1 rings (SSSR count). The first-order valence-electron chi connectivity index (χ1n) is 3.80. The zero-order valence-corrected chi connectivity index (χ0v) is 7.31. The van der Waals surface area contributed by atoms with Crippen LogP contribution in [0.5, 0.6) is 5.75 Å². The molecular formula is C9H8F4O. The Morgan fingerprint density at radius 2 is 1.79 bits per heavy atom. The number of para-hydroxylation sites is 1. The minimum atomic E-state index is -4.89. The number of halogens is 4. The topological polar surface area (TPSA) is 9.23 Å². The normalized spacial score (nSPS) is 13.8. The quantitative estimate of drug-likeness (QED) is 0.678. The zero-order valence-electron chi connectivity index (χ0n) is 7.31. The van der Waals surface area contributed by atoms with E-state index in [4.69, 9.17) is 0 Å². The van der Waals surface area contributed by atoms with Gasteiger partial charge >= 0.3 is 6.18 Å². The molecule has 1 aromatic carbocycles. The molecule has 78 valence electrons. The SMILES string of the molecule is COc1ccccc1C(F)C(F)(F)F. The largest absolute Gasteiger partial charge is 0.496 e. The fraction of sp³-hybridized carbons (Fsp3) is 0.333. The molecule has 0 aromatic heterocycles. The molecule has 0 N–H and O–H groups in total. The Kier molecular flexibility index (Phi) is 2.98. The van der Waals surface area contributed by atoms with E-state index in [0.717, 1.165) is 6.07 Å². The predicted octanol–water partition coefficient (Wildman–Crippen LogP) is 3.27. The lowest BCUT2D eigenvalue weighted by Gasteiger charge is -2.15. The van der Waals surface area contributed by atoms with Crippen LogP contribution in [-0.2, 0) is 0 Å². The maximum atomic E-state index is 12.9. The fourth-order valence-electron chi connectivity index (χ4n) is 1.05. The monoisotopic (exact) mass is 208 g/mol. The summed E-state index contributed by atoms with van der Waals surface area (Å²) in [7, 11) is 1.20. The molecule has 14 heavy (non-hydrogen) atoms. The number of rotatable bonds is 2. The number of alkyl halides is 4. The molecule has 0 saturated heterocycles. The van der Waals surface area contributed by atoms with E-state index in [9.17, 15) is 17.6 Å². The Morgan fingerprint density at radius 1 is 1.21 bits per heavy atom. The van der Waals surface area contributed by atoms with Gasteiger partial charge in [-0.2, -0.15) is 13.2 Å². The maximum Gasteiger partial charge on any atom is 0.424 e. The van der Waals surface area contributed by atoms with E-state index >= 15 is 0 Å². The number of hydrogen-bond acceptors (Lipinski definition) is 1. The molecule has 5 heteroatoms. The van der Waals surface area contributed by atoms with Crippen molar-refractivity contribution in [1.82, 2.24) is 0 Å². The van der Waals surface area contributed by atoms with E-state index < -0.39 is 17.9 Å². The van der Waals surface area contributed by atoms with Gasteiger partial charge in [-0.25, -0.2) is 4.39 Å². The summed E-state index contributed by atoms with van der Waals surface area (Å²) < 4.78 is 53.6. The number of methoxy groups -OCH3 is 1. The standard InChI is InChI=1S/C9H8F4O/c1-14-7-5-3-2-4-6(7)8(10)9(11,12)13/h2-5,8H,1H3. The molecular weight excluding hydrogens is 200 g/mol. The van der Waals surface area contributed by atoms with Crippen LogP contribution in [0.1, 0.15) is 11.7 Å². The average Bonchev–Trinajstić information content (AvgIpc) is 2.15. The van der Waals surface area contributed by atoms with Crippen LogP contribution in [0.25, 0.3) is 0 Å². The molecule has 1 aromatic rings. The van der Waals surface area contributed by atoms with Crippen LogP contribution in [0.2, 0.25) is 0 Å². The predicted molar refractivity (Wildman–Crippen MR) is 42.9 cm³/mol. The van der Waals surface area contributed by atoms with Gasteiger partial charge in [-0.3, -0.25) is 0 Å². The lowest BCUT2D eigenvalue weighted by Crippen LogP contribution is -2.17. The summed E-state index contributed by atoms with van der Waals surface area (Å²) in [5.41, 5.74) is -0.498. The van der Waals surface area contributed by atoms with Gasteiger partial charge in [-0.1, -0.05) is 18.2 Å². The van der Waals surface area contributed by atoms with Crippen molar-refractivity contribution in [2.45, 2.75) is 12.3 Å². The highest BCUT2D eigenvalue weighted by atomic mass is 19.4. The van der Waals surface area contributed by atoms with Gasteiger partial charge in [-0.05, 0) is 6.07 Å². The van der Waals surface area contributed by atoms with Crippen LogP contribution in [0.3, 0.4) is 0 Å². The number of hydrogen-bond donors (Lipinski definition) is 0. The Bertz CT molecular complexity index is 308. The lowest BCUT2D eigenvalue weighted by atomic mass is 10.1. The Labute approximate surface area is 78.3 Å². The van der Waals surface area contributed by atoms with Crippen molar-refractivity contribution in [2.24, 2.45) is 0 Å². The van der Waals surface area contributed by atoms with E-state index in [1.807, 2.05) is 0 Å². The molecule has 1 unspecified atom stereocenters. The van der Waals surface area contributed by atoms with E-state index in [0.29, 0.717) is 0 Å². The average molecular weight is 208 g/mol. The second-order valence-electron chi connectivity index (χ2n) is 2.65. The first-order valence-corrected chi connectivity index (χ1v) is 3.80. The van der Waals surface area contributed by atoms with Crippen molar-refractivity contribution >= 4 is 0 Å². The summed E-state index contributed by atoms with van der Waals surface area (Å²) in [6, 6.07) is 5.15. The summed E-state index contributed by atoms with van der Waals surface area (Å²) >= 11 is 0. The van der Waals surface area contributed by atoms with Gasteiger partial charge in [0.15, 0.2) is 0 Å². The highest BCUT2D eigenvalue weighted by Gasteiger charge is 2.42. The molecule has 0 radical (unpaired) electrons. The first kappa shape index (κ1) is 10.8. The van der Waals surface area contributed by atoms with Gasteiger partial charge in [0, 0.05) is 5.56 Å². The third-order valence-electron chi connectivity index (χ3n) is 1.70. The van der Waals surface area contributed by atoms with Crippen molar-refractivity contribution in [2.75, 3.05) is 7.11 Å². The molecule has 0 aliphatic heterocycles. The molecule has 0 bridgehead atoms. The van der Waals surface area contributed by atoms with Crippen LogP contribution < -0.4 is 4.74 Å². The van der Waals surface area contributed by atoms with Crippen molar-refractivity contribution in [1.29, 1.82) is 0 Å². The Balaban J connectivity index is 3.06. The Hall–Kier alpha value is -1.26. The van der Waals surface area contributed by atoms with E-state index in [2.05, 4.69) is 4.74 Å². The summed E-state index contributed by atoms with van der Waals surface area (Å²) in [5.74, 6) is -0.0997.